The van der Waals surface area contributed by atoms with E-state index in [-0.39, 0.29) is 6.04 Å². The van der Waals surface area contributed by atoms with Crippen LogP contribution < -0.4 is 0 Å². The summed E-state index contributed by atoms with van der Waals surface area (Å²) < 4.78 is 0. The monoisotopic (exact) mass is 281 g/mol. The Labute approximate surface area is 127 Å². The first kappa shape index (κ1) is 14.3. The number of aliphatic hydroxyl groups is 1. The normalized spacial score (nSPS) is 18.2. The summed E-state index contributed by atoms with van der Waals surface area (Å²) in [4.78, 5) is 2.36. The van der Waals surface area contributed by atoms with Crippen LogP contribution in [0.4, 0.5) is 0 Å². The lowest BCUT2D eigenvalue weighted by atomic mass is 9.87. The van der Waals surface area contributed by atoms with Gasteiger partial charge in [-0.1, -0.05) is 67.1 Å². The van der Waals surface area contributed by atoms with Crippen molar-refractivity contribution < 1.29 is 5.11 Å². The molecule has 2 heteroatoms. The summed E-state index contributed by atoms with van der Waals surface area (Å²) >= 11 is 0. The summed E-state index contributed by atoms with van der Waals surface area (Å²) in [6, 6.07) is 21.0. The molecule has 2 aromatic rings. The number of likely N-dealkylation sites (N-methyl/N-ethyl adjacent to an activating group) is 1. The zero-order valence-electron chi connectivity index (χ0n) is 12.5. The van der Waals surface area contributed by atoms with Gasteiger partial charge in [0, 0.05) is 6.04 Å². The SMILES string of the molecule is CN(C1CCC1)C(c1ccccc1)C(O)c1ccccc1. The molecular weight excluding hydrogens is 258 g/mol. The van der Waals surface area contributed by atoms with Crippen LogP contribution in [0.3, 0.4) is 0 Å². The largest absolute Gasteiger partial charge is 0.386 e. The van der Waals surface area contributed by atoms with E-state index in [1.54, 1.807) is 0 Å². The van der Waals surface area contributed by atoms with Gasteiger partial charge in [-0.05, 0) is 31.0 Å². The van der Waals surface area contributed by atoms with E-state index in [2.05, 4.69) is 36.2 Å². The number of nitrogens with zero attached hydrogens (tertiary/aromatic N) is 1. The Balaban J connectivity index is 1.91. The molecule has 21 heavy (non-hydrogen) atoms. The zero-order chi connectivity index (χ0) is 14.7. The fourth-order valence-corrected chi connectivity index (χ4v) is 3.14. The Bertz CT molecular complexity index is 550. The molecule has 2 aromatic carbocycles. The van der Waals surface area contributed by atoms with Crippen molar-refractivity contribution in [2.45, 2.75) is 37.5 Å². The average Bonchev–Trinajstić information content (AvgIpc) is 2.47. The van der Waals surface area contributed by atoms with Crippen LogP contribution >= 0.6 is 0 Å². The van der Waals surface area contributed by atoms with Crippen LogP contribution in [0.25, 0.3) is 0 Å². The van der Waals surface area contributed by atoms with Crippen LogP contribution in [0.5, 0.6) is 0 Å². The zero-order valence-corrected chi connectivity index (χ0v) is 12.5. The maximum atomic E-state index is 10.9. The summed E-state index contributed by atoms with van der Waals surface area (Å²) in [6.07, 6.45) is 3.28. The Hall–Kier alpha value is -1.64. The minimum absolute atomic E-state index is 0.0129. The van der Waals surface area contributed by atoms with Gasteiger partial charge < -0.3 is 5.11 Å². The van der Waals surface area contributed by atoms with Crippen molar-refractivity contribution in [3.05, 3.63) is 71.8 Å². The maximum absolute atomic E-state index is 10.9. The lowest BCUT2D eigenvalue weighted by Crippen LogP contribution is -2.41. The van der Waals surface area contributed by atoms with Crippen molar-refractivity contribution in [3.8, 4) is 0 Å². The van der Waals surface area contributed by atoms with E-state index in [1.807, 2.05) is 36.4 Å². The molecule has 0 bridgehead atoms. The molecule has 3 rings (SSSR count). The molecular formula is C19H23NO. The van der Waals surface area contributed by atoms with E-state index in [1.165, 1.54) is 24.8 Å². The average molecular weight is 281 g/mol. The summed E-state index contributed by atoms with van der Waals surface area (Å²) in [7, 11) is 2.15. The van der Waals surface area contributed by atoms with Gasteiger partial charge in [-0.2, -0.15) is 0 Å². The van der Waals surface area contributed by atoms with Crippen LogP contribution in [-0.2, 0) is 0 Å². The first-order chi connectivity index (χ1) is 10.3. The molecule has 0 amide bonds. The standard InChI is InChI=1S/C19H23NO/c1-20(17-13-8-14-17)18(15-9-4-2-5-10-15)19(21)16-11-6-3-7-12-16/h2-7,9-12,17-19,21H,8,13-14H2,1H3. The molecule has 0 radical (unpaired) electrons. The minimum atomic E-state index is -0.501. The third-order valence-corrected chi connectivity index (χ3v) is 4.67. The molecule has 2 atom stereocenters. The number of rotatable bonds is 5. The molecule has 0 heterocycles. The Morgan fingerprint density at radius 2 is 1.43 bits per heavy atom. The van der Waals surface area contributed by atoms with Crippen LogP contribution in [-0.4, -0.2) is 23.1 Å². The maximum Gasteiger partial charge on any atom is 0.0986 e. The molecule has 1 N–H and O–H groups in total. The number of hydrogen-bond acceptors (Lipinski definition) is 2. The quantitative estimate of drug-likeness (QED) is 0.897. The lowest BCUT2D eigenvalue weighted by molar-refractivity contribution is 0.0164. The van der Waals surface area contributed by atoms with Crippen LogP contribution in [0.1, 0.15) is 42.5 Å². The van der Waals surface area contributed by atoms with E-state index >= 15 is 0 Å². The molecule has 2 unspecified atom stereocenters. The molecule has 1 aliphatic carbocycles. The van der Waals surface area contributed by atoms with Crippen molar-refractivity contribution in [3.63, 3.8) is 0 Å². The number of hydrogen-bond donors (Lipinski definition) is 1. The molecule has 0 aromatic heterocycles. The van der Waals surface area contributed by atoms with Gasteiger partial charge in [0.05, 0.1) is 12.1 Å². The van der Waals surface area contributed by atoms with E-state index in [0.717, 1.165) is 5.56 Å². The second-order valence-corrected chi connectivity index (χ2v) is 5.96. The lowest BCUT2D eigenvalue weighted by Gasteiger charge is -2.42. The third kappa shape index (κ3) is 3.02. The van der Waals surface area contributed by atoms with Gasteiger partial charge in [0.2, 0.25) is 0 Å². The van der Waals surface area contributed by atoms with Gasteiger partial charge >= 0.3 is 0 Å². The minimum Gasteiger partial charge on any atom is -0.386 e. The topological polar surface area (TPSA) is 23.5 Å². The van der Waals surface area contributed by atoms with Crippen molar-refractivity contribution in [1.29, 1.82) is 0 Å². The summed E-state index contributed by atoms with van der Waals surface area (Å²) in [6.45, 7) is 0. The first-order valence-corrected chi connectivity index (χ1v) is 7.77. The smallest absolute Gasteiger partial charge is 0.0986 e. The Morgan fingerprint density at radius 3 is 1.90 bits per heavy atom. The second-order valence-electron chi connectivity index (χ2n) is 5.96. The van der Waals surface area contributed by atoms with Gasteiger partial charge in [0.1, 0.15) is 0 Å². The highest BCUT2D eigenvalue weighted by Gasteiger charge is 2.33. The Kier molecular flexibility index (Phi) is 4.37. The summed E-state index contributed by atoms with van der Waals surface area (Å²) in [5.41, 5.74) is 2.17. The van der Waals surface area contributed by atoms with Crippen LogP contribution in [0, 0.1) is 0 Å². The molecule has 0 aliphatic heterocycles. The molecule has 2 nitrogen and oxygen atoms in total. The highest BCUT2D eigenvalue weighted by Crippen LogP contribution is 2.38. The van der Waals surface area contributed by atoms with Gasteiger partial charge in [0.15, 0.2) is 0 Å². The predicted octanol–water partition coefficient (Wildman–Crippen LogP) is 3.95. The first-order valence-electron chi connectivity index (χ1n) is 7.77. The van der Waals surface area contributed by atoms with E-state index in [9.17, 15) is 5.11 Å². The summed E-state index contributed by atoms with van der Waals surface area (Å²) in [5.74, 6) is 0. The molecule has 1 aliphatic rings. The van der Waals surface area contributed by atoms with Crippen LogP contribution in [0.2, 0.25) is 0 Å². The molecule has 0 spiro atoms. The highest BCUT2D eigenvalue weighted by molar-refractivity contribution is 5.26. The predicted molar refractivity (Wildman–Crippen MR) is 86.0 cm³/mol. The fourth-order valence-electron chi connectivity index (χ4n) is 3.14. The number of benzene rings is 2. The van der Waals surface area contributed by atoms with Gasteiger partial charge in [0.25, 0.3) is 0 Å². The van der Waals surface area contributed by atoms with Gasteiger partial charge in [-0.15, -0.1) is 0 Å². The highest BCUT2D eigenvalue weighted by atomic mass is 16.3. The molecule has 1 saturated carbocycles. The van der Waals surface area contributed by atoms with E-state index in [4.69, 9.17) is 0 Å². The van der Waals surface area contributed by atoms with Crippen LogP contribution in [0.15, 0.2) is 60.7 Å². The number of aliphatic hydroxyl groups excluding tert-OH is 1. The van der Waals surface area contributed by atoms with E-state index in [0.29, 0.717) is 6.04 Å². The third-order valence-electron chi connectivity index (χ3n) is 4.67. The molecule has 110 valence electrons. The Morgan fingerprint density at radius 1 is 0.905 bits per heavy atom. The van der Waals surface area contributed by atoms with Gasteiger partial charge in [-0.25, -0.2) is 0 Å². The molecule has 1 fully saturated rings. The van der Waals surface area contributed by atoms with Crippen molar-refractivity contribution >= 4 is 0 Å². The molecule has 0 saturated heterocycles. The van der Waals surface area contributed by atoms with Crippen molar-refractivity contribution in [2.75, 3.05) is 7.05 Å². The van der Waals surface area contributed by atoms with Crippen molar-refractivity contribution in [2.24, 2.45) is 0 Å². The second kappa shape index (κ2) is 6.42. The van der Waals surface area contributed by atoms with E-state index < -0.39 is 6.10 Å². The summed E-state index contributed by atoms with van der Waals surface area (Å²) in [5, 5.41) is 10.9. The fraction of sp³-hybridized carbons (Fsp3) is 0.368. The van der Waals surface area contributed by atoms with Crippen molar-refractivity contribution in [1.82, 2.24) is 4.90 Å². The van der Waals surface area contributed by atoms with Gasteiger partial charge in [-0.3, -0.25) is 4.90 Å².